The van der Waals surface area contributed by atoms with Crippen LogP contribution in [0.1, 0.15) is 17.4 Å². The predicted molar refractivity (Wildman–Crippen MR) is 64.4 cm³/mol. The molecule has 0 bridgehead atoms. The molecule has 1 aromatic carbocycles. The molecule has 1 N–H and O–H groups in total. The van der Waals surface area contributed by atoms with Crippen LogP contribution in [0.5, 0.6) is 5.75 Å². The van der Waals surface area contributed by atoms with Gasteiger partial charge in [0.15, 0.2) is 5.78 Å². The number of nitrogens with zero attached hydrogens (tertiary/aromatic N) is 2. The van der Waals surface area contributed by atoms with E-state index in [1.807, 2.05) is 12.1 Å². The van der Waals surface area contributed by atoms with Crippen LogP contribution in [0, 0.1) is 0 Å². The number of rotatable bonds is 1. The monoisotopic (exact) mass is 226 g/mol. The number of ketones is 1. The maximum absolute atomic E-state index is 11.3. The van der Waals surface area contributed by atoms with Gasteiger partial charge < -0.3 is 9.51 Å². The summed E-state index contributed by atoms with van der Waals surface area (Å²) < 4.78 is 1.79. The molecule has 0 saturated heterocycles. The number of hydrogen-bond acceptors (Lipinski definition) is 3. The average Bonchev–Trinajstić information content (AvgIpc) is 2.73. The van der Waals surface area contributed by atoms with Gasteiger partial charge in [-0.05, 0) is 12.1 Å². The van der Waals surface area contributed by atoms with Crippen LogP contribution >= 0.6 is 0 Å². The van der Waals surface area contributed by atoms with E-state index in [0.29, 0.717) is 11.3 Å². The molecule has 4 nitrogen and oxygen atoms in total. The van der Waals surface area contributed by atoms with Crippen molar-refractivity contribution in [3.05, 3.63) is 42.4 Å². The van der Waals surface area contributed by atoms with E-state index in [2.05, 4.69) is 4.98 Å². The fourth-order valence-corrected chi connectivity index (χ4v) is 1.95. The Bertz CT molecular complexity index is 744. The number of Topliss-reactive ketones (excluding diaryl/α,β-unsaturated/α-hetero) is 1. The fraction of sp³-hybridized carbons (Fsp3) is 0.0769. The van der Waals surface area contributed by atoms with Crippen LogP contribution in [0.3, 0.4) is 0 Å². The van der Waals surface area contributed by atoms with E-state index in [4.69, 9.17) is 0 Å². The molecule has 0 unspecified atom stereocenters. The summed E-state index contributed by atoms with van der Waals surface area (Å²) in [5, 5.41) is 11.3. The van der Waals surface area contributed by atoms with Gasteiger partial charge in [0, 0.05) is 30.1 Å². The Morgan fingerprint density at radius 2 is 2.12 bits per heavy atom. The quantitative estimate of drug-likeness (QED) is 0.648. The first kappa shape index (κ1) is 9.84. The number of imidazole rings is 1. The van der Waals surface area contributed by atoms with Gasteiger partial charge >= 0.3 is 0 Å². The number of carbonyl (C=O) groups is 1. The van der Waals surface area contributed by atoms with E-state index in [-0.39, 0.29) is 11.5 Å². The van der Waals surface area contributed by atoms with Crippen molar-refractivity contribution < 1.29 is 9.90 Å². The first-order valence-electron chi connectivity index (χ1n) is 5.27. The molecule has 0 saturated carbocycles. The molecular formula is C13H10N2O2. The third kappa shape index (κ3) is 1.38. The SMILES string of the molecule is CC(=O)c1cn2ccc3c(O)cccc3c2n1. The van der Waals surface area contributed by atoms with E-state index in [0.717, 1.165) is 10.8 Å². The number of carbonyl (C=O) groups excluding carboxylic acids is 1. The minimum absolute atomic E-state index is 0.0676. The van der Waals surface area contributed by atoms with Crippen LogP contribution in [-0.4, -0.2) is 20.3 Å². The van der Waals surface area contributed by atoms with Crippen molar-refractivity contribution in [3.63, 3.8) is 0 Å². The lowest BCUT2D eigenvalue weighted by atomic mass is 10.1. The molecule has 2 aromatic heterocycles. The van der Waals surface area contributed by atoms with Crippen molar-refractivity contribution in [2.75, 3.05) is 0 Å². The average molecular weight is 226 g/mol. The number of pyridine rings is 1. The largest absolute Gasteiger partial charge is 0.507 e. The fourth-order valence-electron chi connectivity index (χ4n) is 1.95. The molecule has 3 aromatic rings. The molecule has 84 valence electrons. The van der Waals surface area contributed by atoms with Crippen molar-refractivity contribution in [3.8, 4) is 5.75 Å². The standard InChI is InChI=1S/C13H10N2O2/c1-8(16)11-7-15-6-5-9-10(13(15)14-11)3-2-4-12(9)17/h2-7,17H,1H3. The second kappa shape index (κ2) is 3.31. The molecule has 3 rings (SSSR count). The Morgan fingerprint density at radius 1 is 1.29 bits per heavy atom. The summed E-state index contributed by atoms with van der Waals surface area (Å²) in [6, 6.07) is 7.08. The number of phenolic OH excluding ortho intramolecular Hbond substituents is 1. The van der Waals surface area contributed by atoms with Crippen molar-refractivity contribution in [2.45, 2.75) is 6.92 Å². The van der Waals surface area contributed by atoms with Crippen molar-refractivity contribution >= 4 is 22.2 Å². The Hall–Kier alpha value is -2.36. The predicted octanol–water partition coefficient (Wildman–Crippen LogP) is 2.40. The summed E-state index contributed by atoms with van der Waals surface area (Å²) in [4.78, 5) is 15.6. The van der Waals surface area contributed by atoms with Gasteiger partial charge in [-0.25, -0.2) is 4.98 Å². The highest BCUT2D eigenvalue weighted by Crippen LogP contribution is 2.27. The van der Waals surface area contributed by atoms with Gasteiger partial charge in [0.1, 0.15) is 17.1 Å². The molecule has 0 atom stereocenters. The van der Waals surface area contributed by atoms with Crippen LogP contribution < -0.4 is 0 Å². The topological polar surface area (TPSA) is 54.6 Å². The van der Waals surface area contributed by atoms with Crippen molar-refractivity contribution in [1.82, 2.24) is 9.38 Å². The molecule has 17 heavy (non-hydrogen) atoms. The van der Waals surface area contributed by atoms with Crippen LogP contribution in [0.2, 0.25) is 0 Å². The van der Waals surface area contributed by atoms with Gasteiger partial charge in [-0.3, -0.25) is 4.79 Å². The van der Waals surface area contributed by atoms with E-state index < -0.39 is 0 Å². The lowest BCUT2D eigenvalue weighted by molar-refractivity contribution is 0.101. The summed E-state index contributed by atoms with van der Waals surface area (Å²) in [6.45, 7) is 1.49. The highest BCUT2D eigenvalue weighted by atomic mass is 16.3. The number of benzene rings is 1. The first-order chi connectivity index (χ1) is 8.16. The third-order valence-corrected chi connectivity index (χ3v) is 2.82. The van der Waals surface area contributed by atoms with E-state index in [1.54, 1.807) is 28.9 Å². The smallest absolute Gasteiger partial charge is 0.179 e. The number of aromatic nitrogens is 2. The molecule has 0 aliphatic carbocycles. The molecule has 0 spiro atoms. The van der Waals surface area contributed by atoms with Gasteiger partial charge in [0.25, 0.3) is 0 Å². The summed E-state index contributed by atoms with van der Waals surface area (Å²) in [6.07, 6.45) is 3.48. The number of hydrogen-bond donors (Lipinski definition) is 1. The van der Waals surface area contributed by atoms with Crippen molar-refractivity contribution in [2.24, 2.45) is 0 Å². The van der Waals surface area contributed by atoms with Gasteiger partial charge in [-0.2, -0.15) is 0 Å². The second-order valence-corrected chi connectivity index (χ2v) is 3.97. The molecule has 0 fully saturated rings. The van der Waals surface area contributed by atoms with Crippen LogP contribution in [0.15, 0.2) is 36.7 Å². The molecule has 0 aliphatic heterocycles. The Morgan fingerprint density at radius 3 is 2.88 bits per heavy atom. The van der Waals surface area contributed by atoms with Gasteiger partial charge in [-0.1, -0.05) is 12.1 Å². The van der Waals surface area contributed by atoms with E-state index >= 15 is 0 Å². The minimum atomic E-state index is -0.0676. The third-order valence-electron chi connectivity index (χ3n) is 2.82. The summed E-state index contributed by atoms with van der Waals surface area (Å²) in [5.74, 6) is 0.152. The van der Waals surface area contributed by atoms with Crippen molar-refractivity contribution in [1.29, 1.82) is 0 Å². The van der Waals surface area contributed by atoms with Gasteiger partial charge in [0.2, 0.25) is 0 Å². The number of phenols is 1. The Labute approximate surface area is 97.1 Å². The zero-order valence-corrected chi connectivity index (χ0v) is 9.21. The normalized spacial score (nSPS) is 11.1. The number of aromatic hydroxyl groups is 1. The molecule has 0 radical (unpaired) electrons. The highest BCUT2D eigenvalue weighted by Gasteiger charge is 2.09. The van der Waals surface area contributed by atoms with E-state index in [9.17, 15) is 9.90 Å². The lowest BCUT2D eigenvalue weighted by Gasteiger charge is -2.01. The van der Waals surface area contributed by atoms with Gasteiger partial charge in [0.05, 0.1) is 0 Å². The first-order valence-corrected chi connectivity index (χ1v) is 5.27. The lowest BCUT2D eigenvalue weighted by Crippen LogP contribution is -1.90. The Balaban J connectivity index is 2.47. The number of fused-ring (bicyclic) bond motifs is 3. The molecule has 0 aliphatic rings. The zero-order chi connectivity index (χ0) is 12.0. The minimum Gasteiger partial charge on any atom is -0.507 e. The molecule has 0 amide bonds. The molecule has 4 heteroatoms. The summed E-state index contributed by atoms with van der Waals surface area (Å²) in [7, 11) is 0. The van der Waals surface area contributed by atoms with Crippen LogP contribution in [0.4, 0.5) is 0 Å². The highest BCUT2D eigenvalue weighted by molar-refractivity contribution is 6.00. The van der Waals surface area contributed by atoms with E-state index in [1.165, 1.54) is 6.92 Å². The van der Waals surface area contributed by atoms with Crippen LogP contribution in [-0.2, 0) is 0 Å². The van der Waals surface area contributed by atoms with Gasteiger partial charge in [-0.15, -0.1) is 0 Å². The van der Waals surface area contributed by atoms with Crippen LogP contribution in [0.25, 0.3) is 16.4 Å². The molecular weight excluding hydrogens is 216 g/mol. The Kier molecular flexibility index (Phi) is 1.92. The maximum atomic E-state index is 11.3. The second-order valence-electron chi connectivity index (χ2n) is 3.97. The summed E-state index contributed by atoms with van der Waals surface area (Å²) in [5.41, 5.74) is 1.12. The summed E-state index contributed by atoms with van der Waals surface area (Å²) >= 11 is 0. The zero-order valence-electron chi connectivity index (χ0n) is 9.21. The maximum Gasteiger partial charge on any atom is 0.179 e. The molecule has 2 heterocycles.